The molecule has 0 aromatic carbocycles. The van der Waals surface area contributed by atoms with Crippen molar-refractivity contribution in [3.8, 4) is 0 Å². The lowest BCUT2D eigenvalue weighted by molar-refractivity contribution is 0.496. The number of hydrogen-bond donors (Lipinski definition) is 1. The quantitative estimate of drug-likeness (QED) is 0.775. The van der Waals surface area contributed by atoms with Crippen molar-refractivity contribution in [2.75, 3.05) is 24.5 Å². The first-order chi connectivity index (χ1) is 7.86. The molecule has 4 heteroatoms. The van der Waals surface area contributed by atoms with E-state index in [9.17, 15) is 0 Å². The van der Waals surface area contributed by atoms with Gasteiger partial charge in [0.1, 0.15) is 11.5 Å². The fourth-order valence-corrected chi connectivity index (χ4v) is 2.35. The number of imidazole rings is 1. The maximum Gasteiger partial charge on any atom is 0.138 e. The van der Waals surface area contributed by atoms with E-state index in [2.05, 4.69) is 38.7 Å². The van der Waals surface area contributed by atoms with Crippen molar-refractivity contribution in [1.29, 1.82) is 0 Å². The minimum absolute atomic E-state index is 0.529. The fraction of sp³-hybridized carbons (Fsp3) is 0.417. The molecule has 1 atom stereocenters. The molecule has 0 saturated carbocycles. The Morgan fingerprint density at radius 2 is 2.38 bits per heavy atom. The second-order valence-corrected chi connectivity index (χ2v) is 4.29. The predicted octanol–water partition coefficient (Wildman–Crippen LogP) is 1.13. The average molecular weight is 216 g/mol. The molecule has 1 fully saturated rings. The van der Waals surface area contributed by atoms with Crippen LogP contribution in [0.15, 0.2) is 30.6 Å². The monoisotopic (exact) mass is 216 g/mol. The van der Waals surface area contributed by atoms with Crippen LogP contribution in [-0.2, 0) is 0 Å². The van der Waals surface area contributed by atoms with E-state index < -0.39 is 0 Å². The summed E-state index contributed by atoms with van der Waals surface area (Å²) in [5.41, 5.74) is 1.02. The topological polar surface area (TPSA) is 32.6 Å². The van der Waals surface area contributed by atoms with Crippen LogP contribution in [0.25, 0.3) is 5.65 Å². The Balaban J connectivity index is 2.07. The highest BCUT2D eigenvalue weighted by Gasteiger charge is 2.19. The molecule has 0 radical (unpaired) electrons. The second-order valence-electron chi connectivity index (χ2n) is 4.29. The van der Waals surface area contributed by atoms with Crippen LogP contribution >= 0.6 is 0 Å². The second kappa shape index (κ2) is 3.79. The highest BCUT2D eigenvalue weighted by atomic mass is 15.3. The number of hydrogen-bond acceptors (Lipinski definition) is 3. The molecular formula is C12H16N4. The van der Waals surface area contributed by atoms with E-state index >= 15 is 0 Å². The van der Waals surface area contributed by atoms with Crippen molar-refractivity contribution in [1.82, 2.24) is 14.7 Å². The van der Waals surface area contributed by atoms with E-state index in [0.717, 1.165) is 25.3 Å². The van der Waals surface area contributed by atoms with Crippen molar-refractivity contribution in [3.05, 3.63) is 30.6 Å². The fourth-order valence-electron chi connectivity index (χ4n) is 2.35. The van der Waals surface area contributed by atoms with E-state index in [-0.39, 0.29) is 0 Å². The standard InChI is InChI=1S/C12H16N4/c1-10-9-13-5-7-15(10)12-4-2-3-11-14-6-8-16(11)12/h2-4,6,8,10,13H,5,7,9H2,1H3. The van der Waals surface area contributed by atoms with E-state index in [1.807, 2.05) is 18.5 Å². The average Bonchev–Trinajstić information content (AvgIpc) is 2.77. The zero-order valence-electron chi connectivity index (χ0n) is 9.43. The van der Waals surface area contributed by atoms with Crippen LogP contribution < -0.4 is 10.2 Å². The number of nitrogens with zero attached hydrogens (tertiary/aromatic N) is 3. The van der Waals surface area contributed by atoms with Crippen LogP contribution in [0.5, 0.6) is 0 Å². The smallest absolute Gasteiger partial charge is 0.138 e. The van der Waals surface area contributed by atoms with Gasteiger partial charge in [-0.2, -0.15) is 0 Å². The van der Waals surface area contributed by atoms with E-state index in [4.69, 9.17) is 0 Å². The summed E-state index contributed by atoms with van der Waals surface area (Å²) in [6.07, 6.45) is 3.88. The van der Waals surface area contributed by atoms with Gasteiger partial charge < -0.3 is 10.2 Å². The Kier molecular flexibility index (Phi) is 2.29. The lowest BCUT2D eigenvalue weighted by atomic mass is 10.2. The summed E-state index contributed by atoms with van der Waals surface area (Å²) in [4.78, 5) is 6.76. The number of piperazine rings is 1. The van der Waals surface area contributed by atoms with Gasteiger partial charge in [-0.3, -0.25) is 4.40 Å². The molecule has 1 N–H and O–H groups in total. The van der Waals surface area contributed by atoms with Gasteiger partial charge >= 0.3 is 0 Å². The molecule has 4 nitrogen and oxygen atoms in total. The summed E-state index contributed by atoms with van der Waals surface area (Å²) < 4.78 is 2.15. The minimum Gasteiger partial charge on any atom is -0.352 e. The predicted molar refractivity (Wildman–Crippen MR) is 64.9 cm³/mol. The van der Waals surface area contributed by atoms with Crippen LogP contribution in [0.4, 0.5) is 5.82 Å². The molecule has 0 amide bonds. The van der Waals surface area contributed by atoms with Crippen LogP contribution in [0.2, 0.25) is 0 Å². The molecule has 3 heterocycles. The van der Waals surface area contributed by atoms with Gasteiger partial charge in [0.2, 0.25) is 0 Å². The van der Waals surface area contributed by atoms with Gasteiger partial charge in [0.25, 0.3) is 0 Å². The molecule has 1 saturated heterocycles. The molecule has 3 rings (SSSR count). The summed E-state index contributed by atoms with van der Waals surface area (Å²) in [5.74, 6) is 1.24. The van der Waals surface area contributed by atoms with Crippen LogP contribution in [0.3, 0.4) is 0 Å². The van der Waals surface area contributed by atoms with Gasteiger partial charge in [0.15, 0.2) is 0 Å². The van der Waals surface area contributed by atoms with Crippen LogP contribution in [0, 0.1) is 0 Å². The molecule has 16 heavy (non-hydrogen) atoms. The summed E-state index contributed by atoms with van der Waals surface area (Å²) in [7, 11) is 0. The number of anilines is 1. The highest BCUT2D eigenvalue weighted by molar-refractivity contribution is 5.52. The van der Waals surface area contributed by atoms with Crippen molar-refractivity contribution in [2.45, 2.75) is 13.0 Å². The lowest BCUT2D eigenvalue weighted by Gasteiger charge is -2.36. The number of pyridine rings is 1. The summed E-state index contributed by atoms with van der Waals surface area (Å²) in [6.45, 7) is 5.40. The van der Waals surface area contributed by atoms with E-state index in [1.54, 1.807) is 0 Å². The number of fused-ring (bicyclic) bond motifs is 1. The molecular weight excluding hydrogens is 200 g/mol. The Labute approximate surface area is 94.9 Å². The zero-order valence-corrected chi connectivity index (χ0v) is 9.43. The van der Waals surface area contributed by atoms with Gasteiger partial charge in [-0.1, -0.05) is 6.07 Å². The first kappa shape index (κ1) is 9.66. The lowest BCUT2D eigenvalue weighted by Crippen LogP contribution is -2.50. The normalized spacial score (nSPS) is 21.6. The Hall–Kier alpha value is -1.55. The Bertz CT molecular complexity index is 490. The summed E-state index contributed by atoms with van der Waals surface area (Å²) >= 11 is 0. The largest absolute Gasteiger partial charge is 0.352 e. The molecule has 2 aromatic heterocycles. The third-order valence-corrected chi connectivity index (χ3v) is 3.20. The van der Waals surface area contributed by atoms with Crippen molar-refractivity contribution >= 4 is 11.5 Å². The third kappa shape index (κ3) is 1.46. The van der Waals surface area contributed by atoms with Crippen molar-refractivity contribution in [3.63, 3.8) is 0 Å². The van der Waals surface area contributed by atoms with Gasteiger partial charge in [-0.25, -0.2) is 4.98 Å². The molecule has 84 valence electrons. The first-order valence-corrected chi connectivity index (χ1v) is 5.76. The van der Waals surface area contributed by atoms with Crippen LogP contribution in [0.1, 0.15) is 6.92 Å². The molecule has 1 aliphatic rings. The minimum atomic E-state index is 0.529. The summed E-state index contributed by atoms with van der Waals surface area (Å²) in [5, 5.41) is 3.41. The number of rotatable bonds is 1. The van der Waals surface area contributed by atoms with Gasteiger partial charge in [-0.05, 0) is 19.1 Å². The van der Waals surface area contributed by atoms with Gasteiger partial charge in [0.05, 0.1) is 0 Å². The first-order valence-electron chi connectivity index (χ1n) is 5.76. The van der Waals surface area contributed by atoms with Gasteiger partial charge in [-0.15, -0.1) is 0 Å². The SMILES string of the molecule is CC1CNCCN1c1cccc2nccn12. The highest BCUT2D eigenvalue weighted by Crippen LogP contribution is 2.19. The molecule has 0 aliphatic carbocycles. The summed E-state index contributed by atoms with van der Waals surface area (Å²) in [6, 6.07) is 6.81. The molecule has 2 aromatic rings. The number of nitrogens with one attached hydrogen (secondary N) is 1. The molecule has 0 bridgehead atoms. The maximum atomic E-state index is 4.32. The van der Waals surface area contributed by atoms with E-state index in [1.165, 1.54) is 5.82 Å². The van der Waals surface area contributed by atoms with Gasteiger partial charge in [0, 0.05) is 38.1 Å². The van der Waals surface area contributed by atoms with E-state index in [0.29, 0.717) is 6.04 Å². The third-order valence-electron chi connectivity index (χ3n) is 3.20. The number of aromatic nitrogens is 2. The van der Waals surface area contributed by atoms with Crippen LogP contribution in [-0.4, -0.2) is 35.1 Å². The van der Waals surface area contributed by atoms with Crippen molar-refractivity contribution in [2.24, 2.45) is 0 Å². The Morgan fingerprint density at radius 1 is 1.44 bits per heavy atom. The van der Waals surface area contributed by atoms with Crippen molar-refractivity contribution < 1.29 is 0 Å². The zero-order chi connectivity index (χ0) is 11.0. The Morgan fingerprint density at radius 3 is 3.25 bits per heavy atom. The maximum absolute atomic E-state index is 4.32. The molecule has 1 unspecified atom stereocenters. The molecule has 1 aliphatic heterocycles. The molecule has 0 spiro atoms.